The highest BCUT2D eigenvalue weighted by Crippen LogP contribution is 2.38. The Hall–Kier alpha value is -2.79. The van der Waals surface area contributed by atoms with Gasteiger partial charge < -0.3 is 15.2 Å². The number of amides is 1. The fourth-order valence-corrected chi connectivity index (χ4v) is 4.79. The fraction of sp³-hybridized carbons (Fsp3) is 0.368. The second kappa shape index (κ2) is 8.92. The number of benzene rings is 1. The van der Waals surface area contributed by atoms with Crippen LogP contribution < -0.4 is 14.8 Å². The van der Waals surface area contributed by atoms with Crippen LogP contribution in [0.4, 0.5) is 16.2 Å². The molecule has 0 unspecified atom stereocenters. The molecule has 0 fully saturated rings. The van der Waals surface area contributed by atoms with Crippen LogP contribution in [0.1, 0.15) is 26.3 Å². The zero-order valence-electron chi connectivity index (χ0n) is 17.4. The molecule has 0 saturated heterocycles. The maximum atomic E-state index is 12.9. The summed E-state index contributed by atoms with van der Waals surface area (Å²) in [6, 6.07) is 7.14. The largest absolute Gasteiger partial charge is 0.468 e. The standard InChI is InChI=1S/C19H25N3O6S2/c1-12-15(11-29-17(12)13-7-6-8-14(20)9-13)22(10-16(23)27-5)30(25,26)21-18(24)28-19(2,3)4/h6-9,11H,10,20H2,1-5H3,(H,21,24). The van der Waals surface area contributed by atoms with Crippen molar-refractivity contribution in [1.29, 1.82) is 0 Å². The Morgan fingerprint density at radius 1 is 1.27 bits per heavy atom. The van der Waals surface area contributed by atoms with E-state index >= 15 is 0 Å². The number of hydrogen-bond donors (Lipinski definition) is 2. The predicted octanol–water partition coefficient (Wildman–Crippen LogP) is 3.05. The van der Waals surface area contributed by atoms with Gasteiger partial charge in [-0.15, -0.1) is 11.3 Å². The maximum Gasteiger partial charge on any atom is 0.422 e. The van der Waals surface area contributed by atoms with Crippen molar-refractivity contribution in [2.24, 2.45) is 0 Å². The van der Waals surface area contributed by atoms with E-state index in [0.717, 1.165) is 21.9 Å². The van der Waals surface area contributed by atoms with Crippen molar-refractivity contribution in [3.05, 3.63) is 35.2 Å². The number of hydrogen-bond acceptors (Lipinski definition) is 8. The topological polar surface area (TPSA) is 128 Å². The third-order valence-corrected chi connectivity index (χ3v) is 6.28. The first-order valence-electron chi connectivity index (χ1n) is 8.88. The number of ether oxygens (including phenoxy) is 2. The number of rotatable bonds is 6. The summed E-state index contributed by atoms with van der Waals surface area (Å²) in [5.74, 6) is -0.791. The monoisotopic (exact) mass is 455 g/mol. The SMILES string of the molecule is COC(=O)CN(c1csc(-c2cccc(N)c2)c1C)S(=O)(=O)NC(=O)OC(C)(C)C. The lowest BCUT2D eigenvalue weighted by molar-refractivity contribution is -0.138. The van der Waals surface area contributed by atoms with Gasteiger partial charge in [-0.05, 0) is 51.0 Å². The number of nitrogens with zero attached hydrogens (tertiary/aromatic N) is 1. The number of thiophene rings is 1. The molecule has 2 rings (SSSR count). The molecule has 0 aliphatic carbocycles. The van der Waals surface area contributed by atoms with Crippen LogP contribution in [-0.2, 0) is 24.5 Å². The molecule has 1 aromatic carbocycles. The highest BCUT2D eigenvalue weighted by atomic mass is 32.2. The van der Waals surface area contributed by atoms with E-state index in [1.165, 1.54) is 11.3 Å². The van der Waals surface area contributed by atoms with Gasteiger partial charge in [-0.1, -0.05) is 12.1 Å². The number of methoxy groups -OCH3 is 1. The number of nitrogen functional groups attached to an aromatic ring is 1. The minimum atomic E-state index is -4.46. The summed E-state index contributed by atoms with van der Waals surface area (Å²) in [7, 11) is -3.32. The van der Waals surface area contributed by atoms with Gasteiger partial charge in [-0.25, -0.2) is 13.8 Å². The molecule has 11 heteroatoms. The van der Waals surface area contributed by atoms with Crippen LogP contribution in [0.2, 0.25) is 0 Å². The van der Waals surface area contributed by atoms with Crippen molar-refractivity contribution in [1.82, 2.24) is 4.72 Å². The molecule has 0 saturated carbocycles. The van der Waals surface area contributed by atoms with E-state index in [9.17, 15) is 18.0 Å². The molecule has 0 atom stereocenters. The number of nitrogens with two attached hydrogens (primary N) is 1. The molecule has 9 nitrogen and oxygen atoms in total. The molecule has 0 aliphatic rings. The van der Waals surface area contributed by atoms with Gasteiger partial charge in [-0.2, -0.15) is 8.42 Å². The van der Waals surface area contributed by atoms with Crippen LogP contribution in [0.25, 0.3) is 10.4 Å². The lowest BCUT2D eigenvalue weighted by Crippen LogP contribution is -2.47. The van der Waals surface area contributed by atoms with Gasteiger partial charge >= 0.3 is 22.3 Å². The number of esters is 1. The van der Waals surface area contributed by atoms with E-state index in [-0.39, 0.29) is 5.69 Å². The summed E-state index contributed by atoms with van der Waals surface area (Å²) in [6.45, 7) is 5.91. The van der Waals surface area contributed by atoms with Crippen LogP contribution in [0.5, 0.6) is 0 Å². The van der Waals surface area contributed by atoms with Crippen molar-refractivity contribution >= 4 is 45.0 Å². The molecule has 0 spiro atoms. The second-order valence-corrected chi connectivity index (χ2v) is 9.87. The third kappa shape index (κ3) is 5.86. The van der Waals surface area contributed by atoms with E-state index in [1.807, 2.05) is 10.8 Å². The Morgan fingerprint density at radius 3 is 2.50 bits per heavy atom. The Balaban J connectivity index is 2.45. The van der Waals surface area contributed by atoms with Crippen LogP contribution in [0.15, 0.2) is 29.6 Å². The summed E-state index contributed by atoms with van der Waals surface area (Å²) in [4.78, 5) is 24.7. The summed E-state index contributed by atoms with van der Waals surface area (Å²) >= 11 is 1.29. The van der Waals surface area contributed by atoms with Crippen molar-refractivity contribution in [3.63, 3.8) is 0 Å². The molecule has 1 heterocycles. The van der Waals surface area contributed by atoms with Crippen molar-refractivity contribution in [2.75, 3.05) is 23.7 Å². The Kier molecular flexibility index (Phi) is 6.99. The minimum absolute atomic E-state index is 0.235. The molecule has 2 aromatic rings. The van der Waals surface area contributed by atoms with Crippen molar-refractivity contribution in [2.45, 2.75) is 33.3 Å². The summed E-state index contributed by atoms with van der Waals surface area (Å²) in [6.07, 6.45) is -1.15. The first-order chi connectivity index (χ1) is 13.8. The molecule has 3 N–H and O–H groups in total. The molecular weight excluding hydrogens is 430 g/mol. The quantitative estimate of drug-likeness (QED) is 0.506. The Morgan fingerprint density at radius 2 is 1.93 bits per heavy atom. The normalized spacial score (nSPS) is 11.6. The third-order valence-electron chi connectivity index (χ3n) is 3.83. The van der Waals surface area contributed by atoms with E-state index in [2.05, 4.69) is 4.74 Å². The van der Waals surface area contributed by atoms with E-state index < -0.39 is 34.4 Å². The van der Waals surface area contributed by atoms with Gasteiger partial charge in [0.2, 0.25) is 0 Å². The Labute approximate surface area is 180 Å². The molecule has 1 amide bonds. The van der Waals surface area contributed by atoms with Crippen LogP contribution in [0, 0.1) is 6.92 Å². The first-order valence-corrected chi connectivity index (χ1v) is 11.2. The average molecular weight is 456 g/mol. The van der Waals surface area contributed by atoms with Crippen LogP contribution in [0.3, 0.4) is 0 Å². The predicted molar refractivity (Wildman–Crippen MR) is 117 cm³/mol. The molecule has 0 radical (unpaired) electrons. The molecule has 0 aliphatic heterocycles. The minimum Gasteiger partial charge on any atom is -0.468 e. The molecular formula is C19H25N3O6S2. The van der Waals surface area contributed by atoms with Gasteiger partial charge in [0.15, 0.2) is 0 Å². The van der Waals surface area contributed by atoms with E-state index in [1.54, 1.807) is 51.3 Å². The van der Waals surface area contributed by atoms with E-state index in [0.29, 0.717) is 11.3 Å². The molecule has 1 aromatic heterocycles. The van der Waals surface area contributed by atoms with Gasteiger partial charge in [0.1, 0.15) is 12.1 Å². The highest BCUT2D eigenvalue weighted by Gasteiger charge is 2.31. The van der Waals surface area contributed by atoms with Gasteiger partial charge in [0.05, 0.1) is 12.8 Å². The number of carbonyl (C=O) groups is 2. The maximum absolute atomic E-state index is 12.9. The highest BCUT2D eigenvalue weighted by molar-refractivity contribution is 7.91. The van der Waals surface area contributed by atoms with Gasteiger partial charge in [0.25, 0.3) is 0 Å². The second-order valence-electron chi connectivity index (χ2n) is 7.39. The van der Waals surface area contributed by atoms with E-state index in [4.69, 9.17) is 10.5 Å². The fourth-order valence-electron chi connectivity index (χ4n) is 2.56. The number of anilines is 2. The first kappa shape index (κ1) is 23.5. The molecule has 0 bridgehead atoms. The van der Waals surface area contributed by atoms with Crippen molar-refractivity contribution in [3.8, 4) is 10.4 Å². The van der Waals surface area contributed by atoms with Gasteiger partial charge in [0, 0.05) is 15.9 Å². The lowest BCUT2D eigenvalue weighted by atomic mass is 10.1. The Bertz CT molecular complexity index is 1040. The number of nitrogens with one attached hydrogen (secondary N) is 1. The van der Waals surface area contributed by atoms with Crippen LogP contribution >= 0.6 is 11.3 Å². The summed E-state index contributed by atoms with van der Waals surface area (Å²) < 4.78 is 38.1. The lowest BCUT2D eigenvalue weighted by Gasteiger charge is -2.25. The molecule has 164 valence electrons. The average Bonchev–Trinajstić information content (AvgIpc) is 2.98. The van der Waals surface area contributed by atoms with Gasteiger partial charge in [-0.3, -0.25) is 4.79 Å². The van der Waals surface area contributed by atoms with Crippen LogP contribution in [-0.4, -0.2) is 39.7 Å². The zero-order chi connectivity index (χ0) is 22.7. The smallest absolute Gasteiger partial charge is 0.422 e. The summed E-state index contributed by atoms with van der Waals surface area (Å²) in [5.41, 5.74) is 7.15. The van der Waals surface area contributed by atoms with Crippen molar-refractivity contribution < 1.29 is 27.5 Å². The summed E-state index contributed by atoms with van der Waals surface area (Å²) in [5, 5.41) is 1.59. The number of carbonyl (C=O) groups excluding carboxylic acids is 2. The molecule has 30 heavy (non-hydrogen) atoms. The zero-order valence-corrected chi connectivity index (χ0v) is 19.0.